The monoisotopic (exact) mass is 308 g/mol. The highest BCUT2D eigenvalue weighted by atomic mass is 16.1. The highest BCUT2D eigenvalue weighted by Crippen LogP contribution is 2.15. The molecule has 1 aromatic heterocycles. The molecule has 0 atom stereocenters. The van der Waals surface area contributed by atoms with Crippen molar-refractivity contribution in [3.05, 3.63) is 60.3 Å². The molecule has 0 radical (unpaired) electrons. The molecule has 0 saturated carbocycles. The average molecular weight is 308 g/mol. The van der Waals surface area contributed by atoms with E-state index in [4.69, 9.17) is 0 Å². The van der Waals surface area contributed by atoms with Crippen LogP contribution in [-0.4, -0.2) is 36.2 Å². The van der Waals surface area contributed by atoms with Crippen molar-refractivity contribution in [2.75, 3.05) is 25.0 Å². The number of para-hydroxylation sites is 2. The molecule has 0 saturated heterocycles. The van der Waals surface area contributed by atoms with Crippen LogP contribution in [0.4, 0.5) is 5.69 Å². The first-order chi connectivity index (χ1) is 11.3. The largest absolute Gasteiger partial charge is 0.375 e. The van der Waals surface area contributed by atoms with Gasteiger partial charge in [0.2, 0.25) is 0 Å². The first-order valence-electron chi connectivity index (χ1n) is 7.73. The lowest BCUT2D eigenvalue weighted by Crippen LogP contribution is -2.28. The third-order valence-electron chi connectivity index (χ3n) is 3.84. The second kappa shape index (κ2) is 6.96. The van der Waals surface area contributed by atoms with Crippen LogP contribution >= 0.6 is 0 Å². The smallest absolute Gasteiger partial charge is 0.272 e. The van der Waals surface area contributed by atoms with Gasteiger partial charge in [0.15, 0.2) is 5.69 Å². The van der Waals surface area contributed by atoms with Crippen LogP contribution < -0.4 is 10.2 Å². The van der Waals surface area contributed by atoms with Gasteiger partial charge >= 0.3 is 0 Å². The zero-order valence-electron chi connectivity index (χ0n) is 13.1. The normalized spacial score (nSPS) is 10.7. The van der Waals surface area contributed by atoms with E-state index >= 15 is 0 Å². The fourth-order valence-corrected chi connectivity index (χ4v) is 2.55. The van der Waals surface area contributed by atoms with Crippen LogP contribution in [0.5, 0.6) is 0 Å². The summed E-state index contributed by atoms with van der Waals surface area (Å²) in [5, 5.41) is 10.8. The van der Waals surface area contributed by atoms with E-state index in [-0.39, 0.29) is 5.91 Å². The summed E-state index contributed by atoms with van der Waals surface area (Å²) in [5.41, 5.74) is 2.51. The molecular weight excluding hydrogens is 288 g/mol. The van der Waals surface area contributed by atoms with Crippen LogP contribution in [0.2, 0.25) is 0 Å². The van der Waals surface area contributed by atoms with Crippen LogP contribution in [0.3, 0.4) is 0 Å². The molecule has 0 fully saturated rings. The molecule has 5 nitrogen and oxygen atoms in total. The Kier molecular flexibility index (Phi) is 4.57. The van der Waals surface area contributed by atoms with Crippen LogP contribution in [0.15, 0.2) is 54.6 Å². The number of nitrogens with zero attached hydrogens (tertiary/aromatic N) is 2. The summed E-state index contributed by atoms with van der Waals surface area (Å²) >= 11 is 0. The minimum Gasteiger partial charge on any atom is -0.375 e. The number of amides is 1. The number of hydrogen-bond acceptors (Lipinski definition) is 3. The quantitative estimate of drug-likeness (QED) is 0.688. The summed E-state index contributed by atoms with van der Waals surface area (Å²) in [6.45, 7) is 1.50. The van der Waals surface area contributed by atoms with Gasteiger partial charge in [0, 0.05) is 31.2 Å². The molecule has 118 valence electrons. The molecule has 0 spiro atoms. The standard InChI is InChI=1S/C18H20N4O/c1-22(14-8-3-2-4-9-14)13-7-12-19-18(23)17-15-10-5-6-11-16(15)20-21-17/h2-6,8-11H,7,12-13H2,1H3,(H,19,23)(H,20,21). The summed E-state index contributed by atoms with van der Waals surface area (Å²) in [6.07, 6.45) is 0.874. The van der Waals surface area contributed by atoms with Gasteiger partial charge in [-0.05, 0) is 24.6 Å². The molecule has 0 unspecified atom stereocenters. The van der Waals surface area contributed by atoms with Crippen LogP contribution in [0.25, 0.3) is 10.9 Å². The average Bonchev–Trinajstić information content (AvgIpc) is 3.03. The number of nitrogens with one attached hydrogen (secondary N) is 2. The fraction of sp³-hybridized carbons (Fsp3) is 0.222. The Hall–Kier alpha value is -2.82. The highest BCUT2D eigenvalue weighted by molar-refractivity contribution is 6.04. The summed E-state index contributed by atoms with van der Waals surface area (Å²) in [5.74, 6) is -0.134. The topological polar surface area (TPSA) is 61.0 Å². The van der Waals surface area contributed by atoms with Crippen molar-refractivity contribution in [1.29, 1.82) is 0 Å². The predicted octanol–water partition coefficient (Wildman–Crippen LogP) is 2.82. The van der Waals surface area contributed by atoms with Gasteiger partial charge in [0.1, 0.15) is 0 Å². The molecule has 2 aromatic carbocycles. The van der Waals surface area contributed by atoms with Crippen molar-refractivity contribution in [3.8, 4) is 0 Å². The van der Waals surface area contributed by atoms with E-state index in [1.165, 1.54) is 5.69 Å². The molecule has 3 rings (SSSR count). The van der Waals surface area contributed by atoms with Gasteiger partial charge in [-0.3, -0.25) is 9.89 Å². The van der Waals surface area contributed by atoms with E-state index in [0.717, 1.165) is 23.9 Å². The van der Waals surface area contributed by atoms with Gasteiger partial charge in [0.05, 0.1) is 5.52 Å². The van der Waals surface area contributed by atoms with Crippen molar-refractivity contribution in [1.82, 2.24) is 15.5 Å². The molecular formula is C18H20N4O. The fourth-order valence-electron chi connectivity index (χ4n) is 2.55. The summed E-state index contributed by atoms with van der Waals surface area (Å²) in [7, 11) is 2.05. The van der Waals surface area contributed by atoms with Crippen LogP contribution in [0.1, 0.15) is 16.9 Å². The minimum atomic E-state index is -0.134. The molecule has 0 aliphatic heterocycles. The Morgan fingerprint density at radius 1 is 1.13 bits per heavy atom. The van der Waals surface area contributed by atoms with E-state index in [1.54, 1.807) is 0 Å². The highest BCUT2D eigenvalue weighted by Gasteiger charge is 2.12. The number of H-pyrrole nitrogens is 1. The van der Waals surface area contributed by atoms with Crippen molar-refractivity contribution < 1.29 is 4.79 Å². The number of rotatable bonds is 6. The molecule has 2 N–H and O–H groups in total. The lowest BCUT2D eigenvalue weighted by atomic mass is 10.2. The molecule has 5 heteroatoms. The van der Waals surface area contributed by atoms with Gasteiger partial charge in [-0.2, -0.15) is 5.10 Å². The Balaban J connectivity index is 1.50. The van der Waals surface area contributed by atoms with E-state index in [2.05, 4.69) is 39.6 Å². The number of aromatic nitrogens is 2. The maximum absolute atomic E-state index is 12.2. The van der Waals surface area contributed by atoms with Crippen LogP contribution in [-0.2, 0) is 0 Å². The first kappa shape index (κ1) is 15.1. The molecule has 0 aliphatic carbocycles. The maximum atomic E-state index is 12.2. The van der Waals surface area contributed by atoms with Crippen molar-refractivity contribution in [2.45, 2.75) is 6.42 Å². The minimum absolute atomic E-state index is 0.134. The predicted molar refractivity (Wildman–Crippen MR) is 92.8 cm³/mol. The summed E-state index contributed by atoms with van der Waals surface area (Å²) < 4.78 is 0. The zero-order chi connectivity index (χ0) is 16.1. The van der Waals surface area contributed by atoms with Gasteiger partial charge in [-0.15, -0.1) is 0 Å². The van der Waals surface area contributed by atoms with E-state index in [9.17, 15) is 4.79 Å². The Bertz CT molecular complexity index is 782. The lowest BCUT2D eigenvalue weighted by molar-refractivity contribution is 0.0950. The molecule has 1 amide bonds. The first-order valence-corrected chi connectivity index (χ1v) is 7.73. The van der Waals surface area contributed by atoms with E-state index < -0.39 is 0 Å². The van der Waals surface area contributed by atoms with Gasteiger partial charge in [-0.1, -0.05) is 36.4 Å². The zero-order valence-corrected chi connectivity index (χ0v) is 13.1. The second-order valence-corrected chi connectivity index (χ2v) is 5.48. The number of hydrogen-bond donors (Lipinski definition) is 2. The SMILES string of the molecule is CN(CCCNC(=O)c1n[nH]c2ccccc12)c1ccccc1. The van der Waals surface area contributed by atoms with Gasteiger partial charge in [0.25, 0.3) is 5.91 Å². The maximum Gasteiger partial charge on any atom is 0.272 e. The third-order valence-corrected chi connectivity index (χ3v) is 3.84. The number of fused-ring (bicyclic) bond motifs is 1. The Morgan fingerprint density at radius 2 is 1.87 bits per heavy atom. The number of benzene rings is 2. The Morgan fingerprint density at radius 3 is 2.70 bits per heavy atom. The third kappa shape index (κ3) is 3.51. The molecule has 0 aliphatic rings. The number of anilines is 1. The molecule has 23 heavy (non-hydrogen) atoms. The van der Waals surface area contributed by atoms with Crippen LogP contribution in [0, 0.1) is 0 Å². The summed E-state index contributed by atoms with van der Waals surface area (Å²) in [4.78, 5) is 14.4. The van der Waals surface area contributed by atoms with Gasteiger partial charge in [-0.25, -0.2) is 0 Å². The lowest BCUT2D eigenvalue weighted by Gasteiger charge is -2.19. The van der Waals surface area contributed by atoms with Crippen molar-refractivity contribution in [3.63, 3.8) is 0 Å². The number of aromatic amines is 1. The van der Waals surface area contributed by atoms with E-state index in [1.807, 2.05) is 42.5 Å². The van der Waals surface area contributed by atoms with E-state index in [0.29, 0.717) is 12.2 Å². The Labute approximate surface area is 135 Å². The molecule has 0 bridgehead atoms. The molecule has 1 heterocycles. The number of carbonyl (C=O) groups is 1. The summed E-state index contributed by atoms with van der Waals surface area (Å²) in [6, 6.07) is 17.8. The molecule has 3 aromatic rings. The second-order valence-electron chi connectivity index (χ2n) is 5.48. The number of carbonyl (C=O) groups excluding carboxylic acids is 1. The van der Waals surface area contributed by atoms with Gasteiger partial charge < -0.3 is 10.2 Å². The van der Waals surface area contributed by atoms with Crippen molar-refractivity contribution in [2.24, 2.45) is 0 Å². The van der Waals surface area contributed by atoms with Crippen molar-refractivity contribution >= 4 is 22.5 Å².